The standard InChI is InChI=1S/C14H20N2OS/c1-2-10(15)9-14(17)16-12-7-8-18-13-6-4-3-5-11(12)13/h3-6,10,12H,2,7-9,15H2,1H3,(H,16,17). The van der Waals surface area contributed by atoms with Crippen molar-refractivity contribution in [3.05, 3.63) is 29.8 Å². The lowest BCUT2D eigenvalue weighted by Gasteiger charge is -2.26. The van der Waals surface area contributed by atoms with Crippen LogP contribution < -0.4 is 11.1 Å². The van der Waals surface area contributed by atoms with E-state index in [4.69, 9.17) is 5.73 Å². The molecule has 0 saturated carbocycles. The summed E-state index contributed by atoms with van der Waals surface area (Å²) < 4.78 is 0. The predicted octanol–water partition coefficient (Wildman–Crippen LogP) is 2.47. The molecule has 98 valence electrons. The van der Waals surface area contributed by atoms with Crippen LogP contribution in [0.5, 0.6) is 0 Å². The molecule has 2 atom stereocenters. The van der Waals surface area contributed by atoms with Crippen molar-refractivity contribution in [3.63, 3.8) is 0 Å². The molecular formula is C14H20N2OS. The Labute approximate surface area is 113 Å². The molecule has 1 aromatic carbocycles. The largest absolute Gasteiger partial charge is 0.349 e. The Kier molecular flexibility index (Phi) is 4.66. The van der Waals surface area contributed by atoms with Gasteiger partial charge in [0.25, 0.3) is 0 Å². The summed E-state index contributed by atoms with van der Waals surface area (Å²) in [6, 6.07) is 8.42. The molecule has 1 aromatic rings. The first kappa shape index (κ1) is 13.4. The first-order valence-electron chi connectivity index (χ1n) is 6.47. The number of fused-ring (bicyclic) bond motifs is 1. The maximum absolute atomic E-state index is 11.9. The number of rotatable bonds is 4. The van der Waals surface area contributed by atoms with Gasteiger partial charge in [-0.05, 0) is 24.5 Å². The van der Waals surface area contributed by atoms with Crippen molar-refractivity contribution < 1.29 is 4.79 Å². The predicted molar refractivity (Wildman–Crippen MR) is 75.6 cm³/mol. The molecule has 1 heterocycles. The quantitative estimate of drug-likeness (QED) is 0.878. The van der Waals surface area contributed by atoms with Crippen molar-refractivity contribution in [2.45, 2.75) is 43.2 Å². The van der Waals surface area contributed by atoms with E-state index in [2.05, 4.69) is 17.4 Å². The average molecular weight is 264 g/mol. The van der Waals surface area contributed by atoms with Gasteiger partial charge in [-0.25, -0.2) is 0 Å². The van der Waals surface area contributed by atoms with E-state index in [9.17, 15) is 4.79 Å². The Morgan fingerprint density at radius 1 is 1.56 bits per heavy atom. The summed E-state index contributed by atoms with van der Waals surface area (Å²) in [6.07, 6.45) is 2.25. The topological polar surface area (TPSA) is 55.1 Å². The van der Waals surface area contributed by atoms with Gasteiger partial charge in [0, 0.05) is 23.1 Å². The second kappa shape index (κ2) is 6.25. The molecule has 1 aliphatic heterocycles. The van der Waals surface area contributed by atoms with Gasteiger partial charge in [0.05, 0.1) is 6.04 Å². The third-order valence-electron chi connectivity index (χ3n) is 3.27. The fourth-order valence-electron chi connectivity index (χ4n) is 2.13. The second-order valence-electron chi connectivity index (χ2n) is 4.67. The van der Waals surface area contributed by atoms with Gasteiger partial charge in [0.2, 0.25) is 5.91 Å². The molecule has 0 bridgehead atoms. The van der Waals surface area contributed by atoms with Crippen LogP contribution in [0.4, 0.5) is 0 Å². The molecule has 0 radical (unpaired) electrons. The first-order chi connectivity index (χ1) is 8.70. The number of carbonyl (C=O) groups excluding carboxylic acids is 1. The number of nitrogens with one attached hydrogen (secondary N) is 1. The lowest BCUT2D eigenvalue weighted by molar-refractivity contribution is -0.122. The number of benzene rings is 1. The van der Waals surface area contributed by atoms with Crippen LogP contribution in [-0.2, 0) is 4.79 Å². The lowest BCUT2D eigenvalue weighted by atomic mass is 10.0. The van der Waals surface area contributed by atoms with Crippen molar-refractivity contribution in [1.29, 1.82) is 0 Å². The maximum atomic E-state index is 11.9. The highest BCUT2D eigenvalue weighted by Gasteiger charge is 2.22. The molecule has 2 rings (SSSR count). The molecule has 1 aliphatic rings. The highest BCUT2D eigenvalue weighted by molar-refractivity contribution is 7.99. The Balaban J connectivity index is 2.01. The van der Waals surface area contributed by atoms with Crippen molar-refractivity contribution >= 4 is 17.7 Å². The molecule has 3 nitrogen and oxygen atoms in total. The number of carbonyl (C=O) groups is 1. The van der Waals surface area contributed by atoms with E-state index in [0.717, 1.165) is 18.6 Å². The SMILES string of the molecule is CCC(N)CC(=O)NC1CCSc2ccccc21. The molecule has 4 heteroatoms. The number of amides is 1. The third kappa shape index (κ3) is 3.27. The maximum Gasteiger partial charge on any atom is 0.222 e. The minimum absolute atomic E-state index is 0.0294. The summed E-state index contributed by atoms with van der Waals surface area (Å²) in [6.45, 7) is 2.00. The van der Waals surface area contributed by atoms with E-state index in [1.54, 1.807) is 0 Å². The number of nitrogens with two attached hydrogens (primary N) is 1. The molecule has 3 N–H and O–H groups in total. The highest BCUT2D eigenvalue weighted by Crippen LogP contribution is 2.35. The van der Waals surface area contributed by atoms with Crippen molar-refractivity contribution in [1.82, 2.24) is 5.32 Å². The molecule has 2 unspecified atom stereocenters. The molecule has 0 spiro atoms. The summed E-state index contributed by atoms with van der Waals surface area (Å²) in [7, 11) is 0. The number of thioether (sulfide) groups is 1. The molecule has 18 heavy (non-hydrogen) atoms. The van der Waals surface area contributed by atoms with Gasteiger partial charge in [-0.2, -0.15) is 0 Å². The third-order valence-corrected chi connectivity index (χ3v) is 4.39. The van der Waals surface area contributed by atoms with Crippen LogP contribution >= 0.6 is 11.8 Å². The number of hydrogen-bond donors (Lipinski definition) is 2. The summed E-state index contributed by atoms with van der Waals surface area (Å²) in [5, 5.41) is 3.11. The van der Waals surface area contributed by atoms with Crippen LogP contribution in [0.1, 0.15) is 37.8 Å². The zero-order valence-electron chi connectivity index (χ0n) is 10.7. The van der Waals surface area contributed by atoms with Crippen molar-refractivity contribution in [3.8, 4) is 0 Å². The Morgan fingerprint density at radius 2 is 2.33 bits per heavy atom. The highest BCUT2D eigenvalue weighted by atomic mass is 32.2. The first-order valence-corrected chi connectivity index (χ1v) is 7.46. The minimum Gasteiger partial charge on any atom is -0.349 e. The Morgan fingerprint density at radius 3 is 3.11 bits per heavy atom. The molecule has 1 amide bonds. The van der Waals surface area contributed by atoms with Crippen LogP contribution in [0.15, 0.2) is 29.2 Å². The van der Waals surface area contributed by atoms with Crippen molar-refractivity contribution in [2.24, 2.45) is 5.73 Å². The fourth-order valence-corrected chi connectivity index (χ4v) is 3.25. The molecule has 0 aromatic heterocycles. The zero-order chi connectivity index (χ0) is 13.0. The Bertz CT molecular complexity index is 422. The van der Waals surface area contributed by atoms with E-state index in [1.165, 1.54) is 10.5 Å². The van der Waals surface area contributed by atoms with Gasteiger partial charge in [0.1, 0.15) is 0 Å². The summed E-state index contributed by atoms with van der Waals surface area (Å²) in [5.74, 6) is 1.12. The van der Waals surface area contributed by atoms with Gasteiger partial charge in [-0.3, -0.25) is 4.79 Å². The minimum atomic E-state index is -0.0294. The molecule has 0 aliphatic carbocycles. The monoisotopic (exact) mass is 264 g/mol. The fraction of sp³-hybridized carbons (Fsp3) is 0.500. The van der Waals surface area contributed by atoms with Gasteiger partial charge >= 0.3 is 0 Å². The molecule has 0 fully saturated rings. The van der Waals surface area contributed by atoms with Gasteiger partial charge in [0.15, 0.2) is 0 Å². The van der Waals surface area contributed by atoms with Crippen LogP contribution in [-0.4, -0.2) is 17.7 Å². The van der Waals surface area contributed by atoms with Crippen molar-refractivity contribution in [2.75, 3.05) is 5.75 Å². The normalized spacial score (nSPS) is 20.0. The summed E-state index contributed by atoms with van der Waals surface area (Å²) in [4.78, 5) is 13.2. The van der Waals surface area contributed by atoms with E-state index in [0.29, 0.717) is 6.42 Å². The van der Waals surface area contributed by atoms with Crippen LogP contribution in [0.25, 0.3) is 0 Å². The van der Waals surface area contributed by atoms with E-state index in [1.807, 2.05) is 30.8 Å². The summed E-state index contributed by atoms with van der Waals surface area (Å²) in [5.41, 5.74) is 7.05. The number of hydrogen-bond acceptors (Lipinski definition) is 3. The molecule has 0 saturated heterocycles. The van der Waals surface area contributed by atoms with Crippen LogP contribution in [0.2, 0.25) is 0 Å². The summed E-state index contributed by atoms with van der Waals surface area (Å²) >= 11 is 1.86. The van der Waals surface area contributed by atoms with E-state index < -0.39 is 0 Å². The molecular weight excluding hydrogens is 244 g/mol. The zero-order valence-corrected chi connectivity index (χ0v) is 11.5. The van der Waals surface area contributed by atoms with E-state index >= 15 is 0 Å². The average Bonchev–Trinajstić information content (AvgIpc) is 2.39. The van der Waals surface area contributed by atoms with Gasteiger partial charge < -0.3 is 11.1 Å². The van der Waals surface area contributed by atoms with Gasteiger partial charge in [-0.1, -0.05) is 25.1 Å². The van der Waals surface area contributed by atoms with E-state index in [-0.39, 0.29) is 18.0 Å². The van der Waals surface area contributed by atoms with Gasteiger partial charge in [-0.15, -0.1) is 11.8 Å². The lowest BCUT2D eigenvalue weighted by Crippen LogP contribution is -2.35. The van der Waals surface area contributed by atoms with Crippen LogP contribution in [0, 0.1) is 0 Å². The Hall–Kier alpha value is -1.00. The smallest absolute Gasteiger partial charge is 0.222 e. The van der Waals surface area contributed by atoms with Crippen LogP contribution in [0.3, 0.4) is 0 Å². The second-order valence-corrected chi connectivity index (χ2v) is 5.80.